The average Bonchev–Trinajstić information content (AvgIpc) is 3.24. The van der Waals surface area contributed by atoms with Crippen molar-refractivity contribution in [3.8, 4) is 0 Å². The summed E-state index contributed by atoms with van der Waals surface area (Å²) in [6.07, 6.45) is 0.615. The molecule has 0 saturated carbocycles. The molecule has 0 bridgehead atoms. The molecule has 0 amide bonds. The Labute approximate surface area is 203 Å². The Hall–Kier alpha value is -3.02. The molecule has 0 radical (unpaired) electrons. The highest BCUT2D eigenvalue weighted by Gasteiger charge is 2.54. The molecule has 3 aromatic rings. The summed E-state index contributed by atoms with van der Waals surface area (Å²) in [4.78, 5) is 26.2. The third kappa shape index (κ3) is 4.14. The largest absolute Gasteiger partial charge is 0.405 e. The van der Waals surface area contributed by atoms with Crippen molar-refractivity contribution in [1.29, 1.82) is 0 Å². The number of Topliss-reactive ketones (excluding diaryl/α,β-unsaturated/α-hetero) is 2. The molecule has 1 atom stereocenters. The number of ketones is 2. The van der Waals surface area contributed by atoms with Crippen molar-refractivity contribution in [2.75, 3.05) is 11.9 Å². The lowest BCUT2D eigenvalue weighted by molar-refractivity contribution is -0.139. The van der Waals surface area contributed by atoms with Crippen molar-refractivity contribution in [2.24, 2.45) is 0 Å². The fraction of sp³-hybridized carbons (Fsp3) is 0.310. The third-order valence-electron chi connectivity index (χ3n) is 6.84. The number of anilines is 1. The highest BCUT2D eigenvalue weighted by atomic mass is 28.4. The maximum Gasteiger partial charge on any atom is 0.261 e. The quantitative estimate of drug-likeness (QED) is 0.388. The van der Waals surface area contributed by atoms with Gasteiger partial charge in [0.2, 0.25) is 11.6 Å². The molecule has 0 unspecified atom stereocenters. The average molecular weight is 472 g/mol. The molecular formula is C29H33NO3Si. The Balaban J connectivity index is 1.82. The van der Waals surface area contributed by atoms with E-state index in [-0.39, 0.29) is 23.8 Å². The van der Waals surface area contributed by atoms with Crippen LogP contribution in [0.15, 0.2) is 84.9 Å². The third-order valence-corrected chi connectivity index (χ3v) is 11.8. The van der Waals surface area contributed by atoms with Crippen LogP contribution in [0.1, 0.15) is 39.7 Å². The van der Waals surface area contributed by atoms with Gasteiger partial charge in [-0.05, 0) is 27.0 Å². The Morgan fingerprint density at radius 3 is 1.91 bits per heavy atom. The molecule has 34 heavy (non-hydrogen) atoms. The Morgan fingerprint density at radius 2 is 1.41 bits per heavy atom. The predicted molar refractivity (Wildman–Crippen MR) is 140 cm³/mol. The zero-order valence-electron chi connectivity index (χ0n) is 20.4. The minimum atomic E-state index is -2.86. The zero-order valence-corrected chi connectivity index (χ0v) is 21.4. The van der Waals surface area contributed by atoms with Crippen LogP contribution in [0.3, 0.4) is 0 Å². The fourth-order valence-corrected chi connectivity index (χ4v) is 9.75. The lowest BCUT2D eigenvalue weighted by atomic mass is 9.88. The van der Waals surface area contributed by atoms with Gasteiger partial charge in [-0.15, -0.1) is 0 Å². The molecular weight excluding hydrogens is 438 g/mol. The first-order valence-corrected chi connectivity index (χ1v) is 13.8. The minimum Gasteiger partial charge on any atom is -0.405 e. The van der Waals surface area contributed by atoms with Crippen molar-refractivity contribution in [3.05, 3.63) is 90.5 Å². The highest BCUT2D eigenvalue weighted by Crippen LogP contribution is 2.39. The van der Waals surface area contributed by atoms with Gasteiger partial charge in [-0.3, -0.25) is 9.59 Å². The molecule has 1 N–H and O–H groups in total. The molecule has 0 aliphatic carbocycles. The second-order valence-corrected chi connectivity index (χ2v) is 14.4. The van der Waals surface area contributed by atoms with Gasteiger partial charge < -0.3 is 9.74 Å². The van der Waals surface area contributed by atoms with Crippen molar-refractivity contribution in [2.45, 2.75) is 51.1 Å². The molecule has 0 fully saturated rings. The van der Waals surface area contributed by atoms with E-state index in [1.165, 1.54) is 0 Å². The molecule has 0 saturated heterocycles. The minimum absolute atomic E-state index is 0.125. The summed E-state index contributed by atoms with van der Waals surface area (Å²) in [7, 11) is -2.86. The van der Waals surface area contributed by atoms with Crippen molar-refractivity contribution >= 4 is 35.9 Å². The van der Waals surface area contributed by atoms with Crippen molar-refractivity contribution in [3.63, 3.8) is 0 Å². The van der Waals surface area contributed by atoms with Crippen LogP contribution in [0, 0.1) is 0 Å². The number of hydrogen-bond acceptors (Lipinski definition) is 4. The van der Waals surface area contributed by atoms with E-state index in [1.54, 1.807) is 6.92 Å². The summed E-state index contributed by atoms with van der Waals surface area (Å²) in [5, 5.41) is 5.49. The van der Waals surface area contributed by atoms with Crippen molar-refractivity contribution < 1.29 is 14.0 Å². The second-order valence-electron chi connectivity index (χ2n) is 10.1. The van der Waals surface area contributed by atoms with Gasteiger partial charge >= 0.3 is 0 Å². The van der Waals surface area contributed by atoms with Gasteiger partial charge in [0.05, 0.1) is 6.61 Å². The van der Waals surface area contributed by atoms with Gasteiger partial charge in [0.1, 0.15) is 5.54 Å². The summed E-state index contributed by atoms with van der Waals surface area (Å²) in [5.41, 5.74) is 0.820. The Morgan fingerprint density at radius 1 is 0.882 bits per heavy atom. The topological polar surface area (TPSA) is 55.4 Å². The van der Waals surface area contributed by atoms with E-state index in [2.05, 4.69) is 50.4 Å². The smallest absolute Gasteiger partial charge is 0.261 e. The normalized spacial score (nSPS) is 17.6. The van der Waals surface area contributed by atoms with Crippen LogP contribution in [0.4, 0.5) is 5.69 Å². The molecule has 4 nitrogen and oxygen atoms in total. The predicted octanol–water partition coefficient (Wildman–Crippen LogP) is 4.52. The SMILES string of the molecule is CCC(=O)C(=O)[C@@]1(CO[Si](c2ccccc2)(c2ccccc2)C(C)(C)C)Cc2ccccc2N1. The first-order valence-electron chi connectivity index (χ1n) is 11.9. The number of para-hydroxylation sites is 1. The molecule has 5 heteroatoms. The van der Waals surface area contributed by atoms with E-state index in [9.17, 15) is 9.59 Å². The number of benzene rings is 3. The van der Waals surface area contributed by atoms with Gasteiger partial charge in [-0.1, -0.05) is 107 Å². The number of fused-ring (bicyclic) bond motifs is 1. The van der Waals surface area contributed by atoms with E-state index in [0.717, 1.165) is 21.6 Å². The molecule has 4 rings (SSSR count). The maximum atomic E-state index is 13.5. The Bertz CT molecular complexity index is 1100. The van der Waals surface area contributed by atoms with E-state index in [4.69, 9.17) is 4.43 Å². The lowest BCUT2D eigenvalue weighted by Gasteiger charge is -2.45. The van der Waals surface area contributed by atoms with Crippen LogP contribution in [0.5, 0.6) is 0 Å². The first kappa shape index (κ1) is 24.1. The monoisotopic (exact) mass is 471 g/mol. The van der Waals surface area contributed by atoms with Crippen LogP contribution < -0.4 is 15.7 Å². The second kappa shape index (κ2) is 9.32. The highest BCUT2D eigenvalue weighted by molar-refractivity contribution is 6.99. The molecule has 1 aliphatic heterocycles. The number of carbonyl (C=O) groups is 2. The number of hydrogen-bond donors (Lipinski definition) is 1. The molecule has 3 aromatic carbocycles. The number of nitrogens with one attached hydrogen (secondary N) is 1. The summed E-state index contributed by atoms with van der Waals surface area (Å²) < 4.78 is 7.10. The van der Waals surface area contributed by atoms with Gasteiger partial charge in [0, 0.05) is 18.5 Å². The number of carbonyl (C=O) groups excluding carboxylic acids is 2. The van der Waals surface area contributed by atoms with Crippen LogP contribution >= 0.6 is 0 Å². The number of rotatable bonds is 8. The summed E-state index contributed by atoms with van der Waals surface area (Å²) in [6, 6.07) is 28.6. The summed E-state index contributed by atoms with van der Waals surface area (Å²) in [6.45, 7) is 8.49. The zero-order chi connectivity index (χ0) is 24.4. The molecule has 176 valence electrons. The van der Waals surface area contributed by atoms with Gasteiger partial charge in [-0.2, -0.15) is 0 Å². The Kier molecular flexibility index (Phi) is 6.61. The molecule has 0 aromatic heterocycles. The standard InChI is InChI=1S/C29H33NO3Si/c1-5-26(31)27(32)29(20-22-14-12-13-19-25(22)30-29)21-33-34(28(2,3)4,23-15-8-6-9-16-23)24-17-10-7-11-18-24/h6-19,30H,5,20-21H2,1-4H3/t29-/m0/s1. The van der Waals surface area contributed by atoms with Crippen LogP contribution in [-0.2, 0) is 20.4 Å². The van der Waals surface area contributed by atoms with E-state index in [1.807, 2.05) is 60.7 Å². The summed E-state index contributed by atoms with van der Waals surface area (Å²) >= 11 is 0. The summed E-state index contributed by atoms with van der Waals surface area (Å²) in [5.74, 6) is -0.768. The molecule has 0 spiro atoms. The molecule has 1 heterocycles. The van der Waals surface area contributed by atoms with Crippen LogP contribution in [0.2, 0.25) is 5.04 Å². The van der Waals surface area contributed by atoms with Crippen molar-refractivity contribution in [1.82, 2.24) is 0 Å². The van der Waals surface area contributed by atoms with E-state index in [0.29, 0.717) is 6.42 Å². The van der Waals surface area contributed by atoms with Crippen LogP contribution in [-0.4, -0.2) is 32.0 Å². The first-order chi connectivity index (χ1) is 16.2. The van der Waals surface area contributed by atoms with Crippen LogP contribution in [0.25, 0.3) is 0 Å². The van der Waals surface area contributed by atoms with E-state index < -0.39 is 19.6 Å². The lowest BCUT2D eigenvalue weighted by Crippen LogP contribution is -2.68. The maximum absolute atomic E-state index is 13.5. The van der Waals surface area contributed by atoms with E-state index >= 15 is 0 Å². The fourth-order valence-electron chi connectivity index (χ4n) is 5.13. The molecule has 1 aliphatic rings. The van der Waals surface area contributed by atoms with Gasteiger partial charge in [-0.25, -0.2) is 0 Å². The van der Waals surface area contributed by atoms with Gasteiger partial charge in [0.15, 0.2) is 0 Å². The van der Waals surface area contributed by atoms with Gasteiger partial charge in [0.25, 0.3) is 8.32 Å².